The Morgan fingerprint density at radius 2 is 2.00 bits per heavy atom. The largest absolute Gasteiger partial charge is 0.384 e. The summed E-state index contributed by atoms with van der Waals surface area (Å²) in [5.74, 6) is 0.853. The molecule has 9 heavy (non-hydrogen) atoms. The van der Waals surface area contributed by atoms with Crippen molar-refractivity contribution in [2.75, 3.05) is 0 Å². The van der Waals surface area contributed by atoms with Gasteiger partial charge in [0.2, 0.25) is 0 Å². The van der Waals surface area contributed by atoms with Gasteiger partial charge < -0.3 is 5.73 Å². The van der Waals surface area contributed by atoms with E-state index >= 15 is 0 Å². The van der Waals surface area contributed by atoms with Crippen LogP contribution in [-0.2, 0) is 0 Å². The Morgan fingerprint density at radius 1 is 1.56 bits per heavy atom. The summed E-state index contributed by atoms with van der Waals surface area (Å²) in [4.78, 5) is 3.98. The van der Waals surface area contributed by atoms with Crippen LogP contribution in [0.15, 0.2) is 17.4 Å². The minimum absolute atomic E-state index is 0.390. The highest BCUT2D eigenvalue weighted by atomic mass is 14.9. The van der Waals surface area contributed by atoms with Crippen LogP contribution >= 0.6 is 0 Å². The first-order valence-corrected chi connectivity index (χ1v) is 3.03. The van der Waals surface area contributed by atoms with Crippen molar-refractivity contribution in [1.29, 1.82) is 0 Å². The summed E-state index contributed by atoms with van der Waals surface area (Å²) in [5.41, 5.74) is 6.28. The minimum atomic E-state index is 0.390. The molecule has 2 N–H and O–H groups in total. The van der Waals surface area contributed by atoms with E-state index in [1.165, 1.54) is 0 Å². The van der Waals surface area contributed by atoms with E-state index in [9.17, 15) is 0 Å². The molecule has 0 bridgehead atoms. The number of aliphatic imine (C=N–C) groups is 1. The zero-order valence-corrected chi connectivity index (χ0v) is 6.31. The Balaban J connectivity index is 4.00. The lowest BCUT2D eigenvalue weighted by molar-refractivity contribution is 0.874. The van der Waals surface area contributed by atoms with Crippen molar-refractivity contribution >= 4 is 5.71 Å². The average Bonchev–Trinajstić information content (AvgIpc) is 1.63. The van der Waals surface area contributed by atoms with E-state index in [1.807, 2.05) is 6.92 Å². The van der Waals surface area contributed by atoms with Crippen LogP contribution in [-0.4, -0.2) is 5.71 Å². The second-order valence-corrected chi connectivity index (χ2v) is 2.40. The van der Waals surface area contributed by atoms with Gasteiger partial charge in [-0.3, -0.25) is 0 Å². The van der Waals surface area contributed by atoms with Crippen LogP contribution < -0.4 is 5.73 Å². The van der Waals surface area contributed by atoms with Crippen LogP contribution in [0.2, 0.25) is 0 Å². The molecule has 0 amide bonds. The van der Waals surface area contributed by atoms with Crippen LogP contribution in [0, 0.1) is 5.92 Å². The fourth-order valence-corrected chi connectivity index (χ4v) is 0.356. The van der Waals surface area contributed by atoms with Gasteiger partial charge in [0.05, 0.1) is 0 Å². The monoisotopic (exact) mass is 126 g/mol. The molecule has 2 heteroatoms. The van der Waals surface area contributed by atoms with E-state index in [2.05, 4.69) is 25.4 Å². The number of hydrogen-bond acceptors (Lipinski definition) is 2. The van der Waals surface area contributed by atoms with Crippen molar-refractivity contribution in [3.05, 3.63) is 12.4 Å². The molecule has 0 fully saturated rings. The Kier molecular flexibility index (Phi) is 2.99. The molecule has 0 aliphatic rings. The number of nitrogens with two attached hydrogens (primary N) is 1. The zero-order chi connectivity index (χ0) is 7.44. The SMILES string of the molecule is C=C(N)/N=C(\C)C(C)C. The van der Waals surface area contributed by atoms with Crippen LogP contribution in [0.3, 0.4) is 0 Å². The summed E-state index contributed by atoms with van der Waals surface area (Å²) >= 11 is 0. The van der Waals surface area contributed by atoms with Gasteiger partial charge in [0.1, 0.15) is 5.82 Å². The summed E-state index contributed by atoms with van der Waals surface area (Å²) in [6, 6.07) is 0. The van der Waals surface area contributed by atoms with Gasteiger partial charge >= 0.3 is 0 Å². The smallest absolute Gasteiger partial charge is 0.115 e. The normalized spacial score (nSPS) is 12.2. The second kappa shape index (κ2) is 3.28. The Labute approximate surface area is 56.5 Å². The van der Waals surface area contributed by atoms with E-state index in [-0.39, 0.29) is 0 Å². The third-order valence-electron chi connectivity index (χ3n) is 1.16. The molecule has 0 spiro atoms. The molecule has 0 aromatic carbocycles. The number of rotatable bonds is 2. The molecular formula is C7H14N2. The lowest BCUT2D eigenvalue weighted by Crippen LogP contribution is -2.04. The standard InChI is InChI=1S/C7H14N2/c1-5(2)6(3)9-7(4)8/h5H,4,8H2,1-3H3/b9-6+. The molecule has 0 radical (unpaired) electrons. The highest BCUT2D eigenvalue weighted by Gasteiger charge is 1.95. The molecule has 2 nitrogen and oxygen atoms in total. The molecule has 0 unspecified atom stereocenters. The molecule has 0 aromatic heterocycles. The number of nitrogens with zero attached hydrogens (tertiary/aromatic N) is 1. The molecule has 52 valence electrons. The van der Waals surface area contributed by atoms with E-state index in [0.717, 1.165) is 5.71 Å². The van der Waals surface area contributed by atoms with Crippen LogP contribution in [0.1, 0.15) is 20.8 Å². The maximum Gasteiger partial charge on any atom is 0.115 e. The molecule has 0 atom stereocenters. The summed E-state index contributed by atoms with van der Waals surface area (Å²) in [7, 11) is 0. The molecular weight excluding hydrogens is 112 g/mol. The van der Waals surface area contributed by atoms with E-state index in [1.54, 1.807) is 0 Å². The zero-order valence-electron chi connectivity index (χ0n) is 6.31. The highest BCUT2D eigenvalue weighted by Crippen LogP contribution is 1.97. The van der Waals surface area contributed by atoms with Gasteiger partial charge in [-0.25, -0.2) is 4.99 Å². The van der Waals surface area contributed by atoms with E-state index < -0.39 is 0 Å². The number of hydrogen-bond donors (Lipinski definition) is 1. The fourth-order valence-electron chi connectivity index (χ4n) is 0.356. The van der Waals surface area contributed by atoms with Crippen molar-refractivity contribution in [2.45, 2.75) is 20.8 Å². The van der Waals surface area contributed by atoms with Gasteiger partial charge in [-0.2, -0.15) is 0 Å². The average molecular weight is 126 g/mol. The van der Waals surface area contributed by atoms with Crippen molar-refractivity contribution in [3.8, 4) is 0 Å². The van der Waals surface area contributed by atoms with E-state index in [4.69, 9.17) is 5.73 Å². The van der Waals surface area contributed by atoms with Gasteiger partial charge in [-0.15, -0.1) is 0 Å². The van der Waals surface area contributed by atoms with Gasteiger partial charge in [0.25, 0.3) is 0 Å². The first-order chi connectivity index (χ1) is 4.04. The van der Waals surface area contributed by atoms with Crippen molar-refractivity contribution in [3.63, 3.8) is 0 Å². The molecule has 0 saturated heterocycles. The van der Waals surface area contributed by atoms with Crippen LogP contribution in [0.25, 0.3) is 0 Å². The summed E-state index contributed by atoms with van der Waals surface area (Å²) in [5, 5.41) is 0. The lowest BCUT2D eigenvalue weighted by atomic mass is 10.1. The topological polar surface area (TPSA) is 38.4 Å². The molecule has 0 rings (SSSR count). The fraction of sp³-hybridized carbons (Fsp3) is 0.571. The minimum Gasteiger partial charge on any atom is -0.384 e. The third kappa shape index (κ3) is 3.76. The van der Waals surface area contributed by atoms with Gasteiger partial charge in [0, 0.05) is 5.71 Å². The van der Waals surface area contributed by atoms with Crippen molar-refractivity contribution in [2.24, 2.45) is 16.6 Å². The predicted molar refractivity (Wildman–Crippen MR) is 41.3 cm³/mol. The molecule has 0 aliphatic carbocycles. The third-order valence-corrected chi connectivity index (χ3v) is 1.16. The highest BCUT2D eigenvalue weighted by molar-refractivity contribution is 5.84. The van der Waals surface area contributed by atoms with Gasteiger partial charge in [-0.1, -0.05) is 20.4 Å². The lowest BCUT2D eigenvalue weighted by Gasteiger charge is -2.01. The van der Waals surface area contributed by atoms with Crippen LogP contribution in [0.5, 0.6) is 0 Å². The van der Waals surface area contributed by atoms with Crippen molar-refractivity contribution < 1.29 is 0 Å². The summed E-state index contributed by atoms with van der Waals surface area (Å²) < 4.78 is 0. The quantitative estimate of drug-likeness (QED) is 0.560. The first-order valence-electron chi connectivity index (χ1n) is 3.03. The Hall–Kier alpha value is -0.790. The second-order valence-electron chi connectivity index (χ2n) is 2.40. The maximum absolute atomic E-state index is 5.25. The van der Waals surface area contributed by atoms with Gasteiger partial charge in [-0.05, 0) is 12.8 Å². The molecule has 0 aromatic rings. The van der Waals surface area contributed by atoms with E-state index in [0.29, 0.717) is 11.7 Å². The van der Waals surface area contributed by atoms with Gasteiger partial charge in [0.15, 0.2) is 0 Å². The summed E-state index contributed by atoms with van der Waals surface area (Å²) in [6.07, 6.45) is 0. The molecule has 0 heterocycles. The maximum atomic E-state index is 5.25. The Bertz CT molecular complexity index is 134. The molecule has 0 saturated carbocycles. The summed E-state index contributed by atoms with van der Waals surface area (Å²) in [6.45, 7) is 9.56. The Morgan fingerprint density at radius 3 is 2.11 bits per heavy atom. The molecule has 0 aliphatic heterocycles. The van der Waals surface area contributed by atoms with Crippen molar-refractivity contribution in [1.82, 2.24) is 0 Å². The van der Waals surface area contributed by atoms with Crippen LogP contribution in [0.4, 0.5) is 0 Å². The first kappa shape index (κ1) is 8.21. The predicted octanol–water partition coefficient (Wildman–Crippen LogP) is 1.53.